The first-order valence-electron chi connectivity index (χ1n) is 9.67. The fraction of sp³-hybridized carbons (Fsp3) is 0.174. The molecule has 0 saturated heterocycles. The van der Waals surface area contributed by atoms with Crippen molar-refractivity contribution in [3.8, 4) is 0 Å². The molecule has 0 unspecified atom stereocenters. The van der Waals surface area contributed by atoms with E-state index in [2.05, 4.69) is 4.72 Å². The smallest absolute Gasteiger partial charge is 0.299 e. The third kappa shape index (κ3) is 3.84. The molecule has 30 heavy (non-hydrogen) atoms. The van der Waals surface area contributed by atoms with E-state index >= 15 is 0 Å². The van der Waals surface area contributed by atoms with Crippen molar-refractivity contribution < 1.29 is 8.42 Å². The molecule has 0 aliphatic rings. The Morgan fingerprint density at radius 3 is 2.40 bits per heavy atom. The van der Waals surface area contributed by atoms with Gasteiger partial charge >= 0.3 is 4.87 Å². The zero-order valence-corrected chi connectivity index (χ0v) is 18.3. The second-order valence-corrected chi connectivity index (χ2v) is 9.77. The van der Waals surface area contributed by atoms with Crippen molar-refractivity contribution in [1.29, 1.82) is 0 Å². The number of rotatable bonds is 6. The molecule has 0 radical (unpaired) electrons. The van der Waals surface area contributed by atoms with Gasteiger partial charge in [-0.3, -0.25) is 9.36 Å². The molecule has 1 N–H and O–H groups in total. The van der Waals surface area contributed by atoms with E-state index in [-0.39, 0.29) is 9.77 Å². The number of nitrogens with one attached hydrogen (secondary N) is 1. The van der Waals surface area contributed by atoms with Crippen LogP contribution in [0.5, 0.6) is 0 Å². The Morgan fingerprint density at radius 2 is 1.70 bits per heavy atom. The van der Waals surface area contributed by atoms with Crippen LogP contribution in [0, 0.1) is 6.92 Å². The summed E-state index contributed by atoms with van der Waals surface area (Å²) in [4.78, 5) is 12.2. The lowest BCUT2D eigenvalue weighted by atomic mass is 9.96. The topological polar surface area (TPSA) is 68.2 Å². The van der Waals surface area contributed by atoms with Gasteiger partial charge in [-0.1, -0.05) is 65.9 Å². The Hall–Kier alpha value is -2.74. The molecule has 0 spiro atoms. The van der Waals surface area contributed by atoms with Crippen LogP contribution < -0.4 is 9.60 Å². The lowest BCUT2D eigenvalue weighted by Gasteiger charge is -2.21. The molecule has 154 valence electrons. The highest BCUT2D eigenvalue weighted by atomic mass is 32.2. The molecular weight excluding hydrogens is 416 g/mol. The number of aromatic nitrogens is 1. The lowest BCUT2D eigenvalue weighted by Crippen LogP contribution is -2.30. The number of nitrogens with zero attached hydrogens (tertiary/aromatic N) is 1. The Bertz CT molecular complexity index is 1360. The van der Waals surface area contributed by atoms with Crippen LogP contribution in [0.4, 0.5) is 0 Å². The van der Waals surface area contributed by atoms with Gasteiger partial charge < -0.3 is 0 Å². The van der Waals surface area contributed by atoms with Crippen LogP contribution in [0.25, 0.3) is 10.2 Å². The molecule has 5 nitrogen and oxygen atoms in total. The fourth-order valence-corrected chi connectivity index (χ4v) is 5.90. The van der Waals surface area contributed by atoms with Crippen molar-refractivity contribution in [1.82, 2.24) is 9.29 Å². The third-order valence-corrected chi connectivity index (χ3v) is 7.53. The monoisotopic (exact) mass is 438 g/mol. The number of hydrogen-bond acceptors (Lipinski definition) is 4. The van der Waals surface area contributed by atoms with Crippen molar-refractivity contribution in [2.45, 2.75) is 31.3 Å². The standard InChI is InChI=1S/C23H22N2O3S2/c1-3-25-20-14-13-18(15-21(20)29-23(25)26)30(27,28)24-22(17-10-5-4-6-11-17)19-12-8-7-9-16(19)2/h4-15,22,24H,3H2,1-2H3/t22-/m1/s1. The van der Waals surface area contributed by atoms with Gasteiger partial charge in [0.25, 0.3) is 0 Å². The molecule has 0 fully saturated rings. The summed E-state index contributed by atoms with van der Waals surface area (Å²) in [7, 11) is -3.83. The maximum Gasteiger partial charge on any atom is 0.308 e. The van der Waals surface area contributed by atoms with E-state index in [1.54, 1.807) is 22.8 Å². The number of fused-ring (bicyclic) bond motifs is 1. The zero-order chi connectivity index (χ0) is 21.3. The summed E-state index contributed by atoms with van der Waals surface area (Å²) in [5.41, 5.74) is 3.51. The van der Waals surface area contributed by atoms with Gasteiger partial charge in [0, 0.05) is 6.54 Å². The molecule has 7 heteroatoms. The lowest BCUT2D eigenvalue weighted by molar-refractivity contribution is 0.572. The normalized spacial score (nSPS) is 12.9. The highest BCUT2D eigenvalue weighted by Gasteiger charge is 2.24. The Labute approximate surface area is 179 Å². The number of benzene rings is 3. The minimum Gasteiger partial charge on any atom is -0.299 e. The molecule has 1 aromatic heterocycles. The van der Waals surface area contributed by atoms with E-state index in [9.17, 15) is 13.2 Å². The highest BCUT2D eigenvalue weighted by Crippen LogP contribution is 2.28. The number of aryl methyl sites for hydroxylation is 2. The van der Waals surface area contributed by atoms with Gasteiger partial charge in [-0.05, 0) is 48.7 Å². The molecule has 3 aromatic carbocycles. The molecular formula is C23H22N2O3S2. The number of thiazole rings is 1. The summed E-state index contributed by atoms with van der Waals surface area (Å²) < 4.78 is 31.8. The summed E-state index contributed by atoms with van der Waals surface area (Å²) in [5, 5.41) is 0. The molecule has 1 atom stereocenters. The van der Waals surface area contributed by atoms with Crippen LogP contribution in [-0.4, -0.2) is 13.0 Å². The van der Waals surface area contributed by atoms with Gasteiger partial charge in [0.15, 0.2) is 0 Å². The first-order valence-corrected chi connectivity index (χ1v) is 12.0. The second-order valence-electron chi connectivity index (χ2n) is 7.06. The van der Waals surface area contributed by atoms with Gasteiger partial charge in [0.05, 0.1) is 21.2 Å². The summed E-state index contributed by atoms with van der Waals surface area (Å²) in [6.07, 6.45) is 0. The zero-order valence-electron chi connectivity index (χ0n) is 16.7. The molecule has 0 amide bonds. The van der Waals surface area contributed by atoms with Crippen molar-refractivity contribution in [2.24, 2.45) is 0 Å². The molecule has 1 heterocycles. The summed E-state index contributed by atoms with van der Waals surface area (Å²) >= 11 is 1.06. The van der Waals surface area contributed by atoms with Crippen molar-refractivity contribution in [3.05, 3.63) is 99.2 Å². The summed E-state index contributed by atoms with van der Waals surface area (Å²) in [6.45, 7) is 4.41. The van der Waals surface area contributed by atoms with Crippen molar-refractivity contribution >= 4 is 31.6 Å². The van der Waals surface area contributed by atoms with E-state index in [1.807, 2.05) is 68.4 Å². The van der Waals surface area contributed by atoms with Crippen LogP contribution >= 0.6 is 11.3 Å². The van der Waals surface area contributed by atoms with Gasteiger partial charge in [-0.15, -0.1) is 0 Å². The maximum atomic E-state index is 13.3. The van der Waals surface area contributed by atoms with Crippen molar-refractivity contribution in [2.75, 3.05) is 0 Å². The van der Waals surface area contributed by atoms with E-state index in [1.165, 1.54) is 0 Å². The maximum absolute atomic E-state index is 13.3. The predicted molar refractivity (Wildman–Crippen MR) is 122 cm³/mol. The van der Waals surface area contributed by atoms with Gasteiger partial charge in [0.2, 0.25) is 10.0 Å². The van der Waals surface area contributed by atoms with E-state index in [4.69, 9.17) is 0 Å². The Balaban J connectivity index is 1.78. The predicted octanol–water partition coefficient (Wildman–Crippen LogP) is 4.46. The van der Waals surface area contributed by atoms with Crippen molar-refractivity contribution in [3.63, 3.8) is 0 Å². The van der Waals surface area contributed by atoms with E-state index in [0.717, 1.165) is 33.5 Å². The molecule has 0 aliphatic heterocycles. The Morgan fingerprint density at radius 1 is 1.00 bits per heavy atom. The highest BCUT2D eigenvalue weighted by molar-refractivity contribution is 7.89. The minimum absolute atomic E-state index is 0.0860. The fourth-order valence-electron chi connectivity index (χ4n) is 3.60. The SMILES string of the molecule is CCn1c(=O)sc2cc(S(=O)(=O)N[C@H](c3ccccc3)c3ccccc3C)ccc21. The molecule has 0 saturated carbocycles. The molecule has 0 bridgehead atoms. The van der Waals surface area contributed by atoms with Gasteiger partial charge in [0.1, 0.15) is 0 Å². The summed E-state index contributed by atoms with van der Waals surface area (Å²) in [5.74, 6) is 0. The quantitative estimate of drug-likeness (QED) is 0.483. The van der Waals surface area contributed by atoms with Gasteiger partial charge in [-0.25, -0.2) is 8.42 Å². The number of hydrogen-bond donors (Lipinski definition) is 1. The van der Waals surface area contributed by atoms with Crippen LogP contribution in [0.1, 0.15) is 29.7 Å². The van der Waals surface area contributed by atoms with E-state index in [0.29, 0.717) is 11.2 Å². The Kier molecular flexibility index (Phi) is 5.60. The van der Waals surface area contributed by atoms with Gasteiger partial charge in [-0.2, -0.15) is 4.72 Å². The minimum atomic E-state index is -3.83. The van der Waals surface area contributed by atoms with Crippen LogP contribution in [0.3, 0.4) is 0 Å². The largest absolute Gasteiger partial charge is 0.308 e. The first kappa shape index (κ1) is 20.5. The third-order valence-electron chi connectivity index (χ3n) is 5.17. The van der Waals surface area contributed by atoms with Crippen LogP contribution in [0.15, 0.2) is 82.5 Å². The molecule has 4 aromatic rings. The first-order chi connectivity index (χ1) is 14.4. The second kappa shape index (κ2) is 8.18. The van der Waals surface area contributed by atoms with E-state index < -0.39 is 16.1 Å². The average molecular weight is 439 g/mol. The number of sulfonamides is 1. The van der Waals surface area contributed by atoms with Crippen LogP contribution in [0.2, 0.25) is 0 Å². The molecule has 0 aliphatic carbocycles. The van der Waals surface area contributed by atoms with Crippen LogP contribution in [-0.2, 0) is 16.6 Å². The average Bonchev–Trinajstić information content (AvgIpc) is 3.07. The summed E-state index contributed by atoms with van der Waals surface area (Å²) in [6, 6.07) is 21.6. The molecule has 4 rings (SSSR count).